The van der Waals surface area contributed by atoms with Gasteiger partial charge in [-0.2, -0.15) is 0 Å². The molecule has 0 amide bonds. The third-order valence-electron chi connectivity index (χ3n) is 15.4. The molecule has 4 heterocycles. The Kier molecular flexibility index (Phi) is 7.94. The summed E-state index contributed by atoms with van der Waals surface area (Å²) in [5.41, 5.74) is 22.1. The summed E-state index contributed by atoms with van der Waals surface area (Å²) in [7, 11) is 0. The summed E-state index contributed by atoms with van der Waals surface area (Å²) in [5, 5.41) is 4.94. The van der Waals surface area contributed by atoms with Gasteiger partial charge in [-0.3, -0.25) is 0 Å². The van der Waals surface area contributed by atoms with E-state index in [9.17, 15) is 0 Å². The van der Waals surface area contributed by atoms with Crippen LogP contribution in [0.25, 0.3) is 111 Å². The van der Waals surface area contributed by atoms with Crippen LogP contribution in [0.4, 0.5) is 0 Å². The summed E-state index contributed by atoms with van der Waals surface area (Å²) in [5.74, 6) is 3.44. The van der Waals surface area contributed by atoms with Gasteiger partial charge in [0.1, 0.15) is 23.0 Å². The van der Waals surface area contributed by atoms with E-state index in [0.29, 0.717) is 0 Å². The molecule has 13 aromatic rings. The lowest BCUT2D eigenvalue weighted by atomic mass is 9.35. The molecule has 0 radical (unpaired) electrons. The minimum absolute atomic E-state index is 0.0223. The van der Waals surface area contributed by atoms with E-state index in [1.54, 1.807) is 0 Å². The van der Waals surface area contributed by atoms with Crippen molar-refractivity contribution in [3.63, 3.8) is 0 Å². The van der Waals surface area contributed by atoms with Gasteiger partial charge in [-0.15, -0.1) is 0 Å². The Balaban J connectivity index is 0.916. The van der Waals surface area contributed by atoms with Crippen LogP contribution >= 0.6 is 0 Å². The Morgan fingerprint density at radius 1 is 0.296 bits per heavy atom. The van der Waals surface area contributed by atoms with Crippen LogP contribution in [0.2, 0.25) is 0 Å². The molecule has 2 aliphatic heterocycles. The van der Waals surface area contributed by atoms with Gasteiger partial charge in [0.2, 0.25) is 0 Å². The fraction of sp³-hybridized carbons (Fsp3) is 0. The lowest BCUT2D eigenvalue weighted by Gasteiger charge is -2.33. The van der Waals surface area contributed by atoms with Gasteiger partial charge in [-0.1, -0.05) is 164 Å². The molecule has 11 aromatic carbocycles. The summed E-state index contributed by atoms with van der Waals surface area (Å²) in [6.07, 6.45) is 0. The molecule has 328 valence electrons. The van der Waals surface area contributed by atoms with Crippen molar-refractivity contribution in [1.82, 2.24) is 9.13 Å². The first-order chi connectivity index (χ1) is 35.2. The van der Waals surface area contributed by atoms with Crippen LogP contribution in [0.5, 0.6) is 23.0 Å². The second-order valence-electron chi connectivity index (χ2n) is 19.1. The van der Waals surface area contributed by atoms with Gasteiger partial charge in [-0.25, -0.2) is 0 Å². The quantitative estimate of drug-likeness (QED) is 0.165. The highest BCUT2D eigenvalue weighted by molar-refractivity contribution is 6.98. The first-order valence-electron chi connectivity index (χ1n) is 24.4. The smallest absolute Gasteiger partial charge is 0.260 e. The number of hydrogen-bond acceptors (Lipinski definition) is 2. The molecule has 0 saturated heterocycles. The van der Waals surface area contributed by atoms with E-state index in [4.69, 9.17) is 9.47 Å². The van der Waals surface area contributed by atoms with E-state index in [1.807, 2.05) is 0 Å². The molecule has 0 saturated carbocycles. The molecule has 5 heteroatoms. The Labute approximate surface area is 409 Å². The standard InChI is InChI=1S/C66H39BN2O2/c1-2-18-45-43(16-1)44-17-3-4-22-50(44)65-51(46-34-32-40(36-52(45)46)41-37-63-66-64(38-41)71-62-31-14-9-25-55(62)67(66)54-24-8-13-30-61(54)70-63)23-15-29-60(65)69-58-28-12-7-21-49(58)53-39-42(33-35-59(53)69)68-56-26-10-5-19-47(56)48-20-6-11-27-57(48)68/h1-39H. The maximum Gasteiger partial charge on any atom is 0.260 e. The number of para-hydroxylation sites is 5. The number of benzene rings is 11. The van der Waals surface area contributed by atoms with E-state index in [2.05, 4.69) is 246 Å². The van der Waals surface area contributed by atoms with Gasteiger partial charge < -0.3 is 18.6 Å². The summed E-state index contributed by atoms with van der Waals surface area (Å²) in [6, 6.07) is 86.4. The van der Waals surface area contributed by atoms with Crippen molar-refractivity contribution < 1.29 is 9.47 Å². The molecule has 2 aromatic heterocycles. The van der Waals surface area contributed by atoms with Crippen LogP contribution in [-0.4, -0.2) is 15.8 Å². The Morgan fingerprint density at radius 2 is 0.789 bits per heavy atom. The summed E-state index contributed by atoms with van der Waals surface area (Å²) >= 11 is 0. The number of rotatable bonds is 3. The predicted molar refractivity (Wildman–Crippen MR) is 294 cm³/mol. The van der Waals surface area contributed by atoms with Gasteiger partial charge in [0.15, 0.2) is 0 Å². The third kappa shape index (κ3) is 5.46. The van der Waals surface area contributed by atoms with Crippen LogP contribution in [0.3, 0.4) is 0 Å². The number of nitrogens with zero attached hydrogens (tertiary/aromatic N) is 2. The van der Waals surface area contributed by atoms with E-state index < -0.39 is 0 Å². The second-order valence-corrected chi connectivity index (χ2v) is 19.1. The summed E-state index contributed by atoms with van der Waals surface area (Å²) < 4.78 is 18.5. The normalized spacial score (nSPS) is 12.7. The van der Waals surface area contributed by atoms with Crippen LogP contribution in [0.15, 0.2) is 237 Å². The monoisotopic (exact) mass is 902 g/mol. The maximum absolute atomic E-state index is 6.78. The van der Waals surface area contributed by atoms with Crippen LogP contribution in [0, 0.1) is 0 Å². The molecule has 4 nitrogen and oxygen atoms in total. The predicted octanol–water partition coefficient (Wildman–Crippen LogP) is 15.3. The third-order valence-corrected chi connectivity index (χ3v) is 15.4. The van der Waals surface area contributed by atoms with E-state index >= 15 is 0 Å². The molecule has 71 heavy (non-hydrogen) atoms. The minimum Gasteiger partial charge on any atom is -0.458 e. The second kappa shape index (κ2) is 14.6. The lowest BCUT2D eigenvalue weighted by molar-refractivity contribution is 0.465. The first-order valence-corrected chi connectivity index (χ1v) is 24.4. The van der Waals surface area contributed by atoms with Crippen molar-refractivity contribution in [2.24, 2.45) is 0 Å². The maximum atomic E-state index is 6.78. The molecule has 0 unspecified atom stereocenters. The largest absolute Gasteiger partial charge is 0.458 e. The van der Waals surface area contributed by atoms with E-state index in [1.165, 1.54) is 82.6 Å². The fourth-order valence-corrected chi connectivity index (χ4v) is 12.4. The van der Waals surface area contributed by atoms with E-state index in [0.717, 1.165) is 67.4 Å². The van der Waals surface area contributed by atoms with Crippen LogP contribution < -0.4 is 25.9 Å². The molecule has 0 N–H and O–H groups in total. The molecule has 0 spiro atoms. The SMILES string of the molecule is c1ccc2c(c1)Oc1cc(-c3ccc4c(c3)-c3ccccc3-c3ccccc3-c3c-4cccc3-n3c4ccccc4c4cc(-n5c6ccccc6c6ccccc65)ccc43)cc3c1B2c1ccccc1O3. The highest BCUT2D eigenvalue weighted by Gasteiger charge is 2.40. The van der Waals surface area contributed by atoms with E-state index in [-0.39, 0.29) is 6.71 Å². The number of fused-ring (bicyclic) bond motifs is 18. The first kappa shape index (κ1) is 38.6. The van der Waals surface area contributed by atoms with Gasteiger partial charge in [-0.05, 0) is 134 Å². The zero-order chi connectivity index (χ0) is 46.3. The van der Waals surface area contributed by atoms with Crippen LogP contribution in [-0.2, 0) is 0 Å². The average Bonchev–Trinajstić information content (AvgIpc) is 3.94. The van der Waals surface area contributed by atoms with Gasteiger partial charge in [0.25, 0.3) is 6.71 Å². The number of hydrogen-bond donors (Lipinski definition) is 0. The summed E-state index contributed by atoms with van der Waals surface area (Å²) in [4.78, 5) is 0. The molecule has 0 bridgehead atoms. The van der Waals surface area contributed by atoms with Crippen molar-refractivity contribution in [3.05, 3.63) is 237 Å². The molecule has 3 aliphatic rings. The van der Waals surface area contributed by atoms with Crippen molar-refractivity contribution in [3.8, 4) is 90.0 Å². The molecule has 1 aliphatic carbocycles. The molecule has 0 fully saturated rings. The minimum atomic E-state index is 0.0223. The Bertz CT molecular complexity index is 4320. The fourth-order valence-electron chi connectivity index (χ4n) is 12.4. The van der Waals surface area contributed by atoms with Crippen LogP contribution in [0.1, 0.15) is 0 Å². The zero-order valence-electron chi connectivity index (χ0n) is 38.3. The van der Waals surface area contributed by atoms with Crippen molar-refractivity contribution in [2.75, 3.05) is 0 Å². The lowest BCUT2D eigenvalue weighted by Crippen LogP contribution is -2.57. The summed E-state index contributed by atoms with van der Waals surface area (Å²) in [6.45, 7) is 0.0223. The highest BCUT2D eigenvalue weighted by atomic mass is 16.5. The Morgan fingerprint density at radius 3 is 1.45 bits per heavy atom. The van der Waals surface area contributed by atoms with Crippen molar-refractivity contribution in [1.29, 1.82) is 0 Å². The highest BCUT2D eigenvalue weighted by Crippen LogP contribution is 2.52. The average molecular weight is 903 g/mol. The molecular formula is C66H39BN2O2. The molecule has 16 rings (SSSR count). The Hall–Kier alpha value is -9.32. The number of ether oxygens (including phenoxy) is 2. The van der Waals surface area contributed by atoms with Gasteiger partial charge >= 0.3 is 0 Å². The zero-order valence-corrected chi connectivity index (χ0v) is 38.3. The number of aromatic nitrogens is 2. The van der Waals surface area contributed by atoms with Gasteiger partial charge in [0, 0.05) is 38.3 Å². The van der Waals surface area contributed by atoms with Gasteiger partial charge in [0.05, 0.1) is 27.8 Å². The van der Waals surface area contributed by atoms with Crippen molar-refractivity contribution in [2.45, 2.75) is 0 Å². The topological polar surface area (TPSA) is 28.3 Å². The molecular weight excluding hydrogens is 864 g/mol. The molecule has 0 atom stereocenters. The van der Waals surface area contributed by atoms with Crippen molar-refractivity contribution >= 4 is 66.7 Å².